The number of aromatic nitrogens is 1. The second kappa shape index (κ2) is 6.87. The lowest BCUT2D eigenvalue weighted by Gasteiger charge is -2.12. The molecule has 1 heterocycles. The Bertz CT molecular complexity index is 638. The van der Waals surface area contributed by atoms with Gasteiger partial charge in [0.25, 0.3) is 5.69 Å². The van der Waals surface area contributed by atoms with Crippen LogP contribution < -0.4 is 5.32 Å². The zero-order valence-electron chi connectivity index (χ0n) is 12.0. The van der Waals surface area contributed by atoms with Crippen LogP contribution in [0.2, 0.25) is 0 Å². The molecule has 0 aliphatic heterocycles. The molecule has 2 aromatic rings. The fraction of sp³-hybridized carbons (Fsp3) is 0.333. The lowest BCUT2D eigenvalue weighted by atomic mass is 10.2. The highest BCUT2D eigenvalue weighted by molar-refractivity contribution is 9.10. The summed E-state index contributed by atoms with van der Waals surface area (Å²) in [6, 6.07) is 9.56. The standard InChI is InChI=1S/C15H18BrN3O2/c1-11(2)17-9-14-4-3-7-18(14)10-12-5-6-13(16)8-15(12)19(20)21/h3-8,11,17H,9-10H2,1-2H3. The number of halogens is 1. The first-order chi connectivity index (χ1) is 9.97. The minimum Gasteiger partial charge on any atom is -0.346 e. The minimum absolute atomic E-state index is 0.140. The van der Waals surface area contributed by atoms with Gasteiger partial charge in [0.1, 0.15) is 0 Å². The Morgan fingerprint density at radius 3 is 2.81 bits per heavy atom. The molecule has 0 aliphatic rings. The Labute approximate surface area is 132 Å². The van der Waals surface area contributed by atoms with Gasteiger partial charge in [0.2, 0.25) is 0 Å². The van der Waals surface area contributed by atoms with E-state index in [0.717, 1.165) is 12.2 Å². The van der Waals surface area contributed by atoms with Crippen LogP contribution in [0, 0.1) is 10.1 Å². The maximum Gasteiger partial charge on any atom is 0.275 e. The smallest absolute Gasteiger partial charge is 0.275 e. The molecule has 0 fully saturated rings. The highest BCUT2D eigenvalue weighted by Gasteiger charge is 2.15. The van der Waals surface area contributed by atoms with Crippen molar-refractivity contribution in [2.24, 2.45) is 0 Å². The Kier molecular flexibility index (Phi) is 5.14. The fourth-order valence-corrected chi connectivity index (χ4v) is 2.45. The van der Waals surface area contributed by atoms with Crippen LogP contribution in [0.25, 0.3) is 0 Å². The van der Waals surface area contributed by atoms with Crippen LogP contribution in [-0.4, -0.2) is 15.5 Å². The molecule has 0 saturated heterocycles. The largest absolute Gasteiger partial charge is 0.346 e. The molecule has 1 aromatic carbocycles. The highest BCUT2D eigenvalue weighted by Crippen LogP contribution is 2.24. The van der Waals surface area contributed by atoms with Gasteiger partial charge in [0, 0.05) is 40.6 Å². The van der Waals surface area contributed by atoms with E-state index in [9.17, 15) is 10.1 Å². The number of nitrogens with one attached hydrogen (secondary N) is 1. The van der Waals surface area contributed by atoms with Gasteiger partial charge >= 0.3 is 0 Å². The quantitative estimate of drug-likeness (QED) is 0.637. The predicted octanol–water partition coefficient (Wildman–Crippen LogP) is 3.71. The van der Waals surface area contributed by atoms with Gasteiger partial charge in [-0.05, 0) is 24.3 Å². The lowest BCUT2D eigenvalue weighted by molar-refractivity contribution is -0.385. The molecule has 0 radical (unpaired) electrons. The number of hydrogen-bond donors (Lipinski definition) is 1. The molecule has 0 bridgehead atoms. The van der Waals surface area contributed by atoms with E-state index in [1.54, 1.807) is 12.1 Å². The molecule has 1 aromatic heterocycles. The van der Waals surface area contributed by atoms with Crippen molar-refractivity contribution in [3.05, 3.63) is 62.4 Å². The fourth-order valence-electron chi connectivity index (χ4n) is 2.10. The van der Waals surface area contributed by atoms with E-state index in [1.165, 1.54) is 0 Å². The van der Waals surface area contributed by atoms with E-state index in [-0.39, 0.29) is 10.6 Å². The summed E-state index contributed by atoms with van der Waals surface area (Å²) < 4.78 is 2.75. The third-order valence-corrected chi connectivity index (χ3v) is 3.69. The SMILES string of the molecule is CC(C)NCc1cccn1Cc1ccc(Br)cc1[N+](=O)[O-]. The predicted molar refractivity (Wildman–Crippen MR) is 86.3 cm³/mol. The van der Waals surface area contributed by atoms with Gasteiger partial charge in [-0.1, -0.05) is 29.8 Å². The van der Waals surface area contributed by atoms with Crippen molar-refractivity contribution in [1.82, 2.24) is 9.88 Å². The van der Waals surface area contributed by atoms with Crippen LogP contribution >= 0.6 is 15.9 Å². The van der Waals surface area contributed by atoms with Crippen LogP contribution in [0.1, 0.15) is 25.1 Å². The number of hydrogen-bond acceptors (Lipinski definition) is 3. The molecular formula is C15H18BrN3O2. The van der Waals surface area contributed by atoms with Gasteiger partial charge in [-0.3, -0.25) is 10.1 Å². The summed E-state index contributed by atoms with van der Waals surface area (Å²) in [5.74, 6) is 0. The molecule has 0 spiro atoms. The molecule has 21 heavy (non-hydrogen) atoms. The van der Waals surface area contributed by atoms with Crippen LogP contribution in [0.3, 0.4) is 0 Å². The van der Waals surface area contributed by atoms with E-state index in [4.69, 9.17) is 0 Å². The third kappa shape index (κ3) is 4.15. The molecule has 112 valence electrons. The molecule has 1 N–H and O–H groups in total. The van der Waals surface area contributed by atoms with Gasteiger partial charge < -0.3 is 9.88 Å². The number of nitro benzene ring substituents is 1. The van der Waals surface area contributed by atoms with Gasteiger partial charge in [0.05, 0.1) is 11.5 Å². The van der Waals surface area contributed by atoms with Crippen molar-refractivity contribution in [3.8, 4) is 0 Å². The Hall–Kier alpha value is -1.66. The Balaban J connectivity index is 2.23. The first-order valence-electron chi connectivity index (χ1n) is 6.77. The molecule has 2 rings (SSSR count). The molecule has 0 amide bonds. The molecule has 0 atom stereocenters. The van der Waals surface area contributed by atoms with E-state index >= 15 is 0 Å². The lowest BCUT2D eigenvalue weighted by Crippen LogP contribution is -2.23. The zero-order chi connectivity index (χ0) is 15.4. The first kappa shape index (κ1) is 15.7. The summed E-state index contributed by atoms with van der Waals surface area (Å²) in [7, 11) is 0. The van der Waals surface area contributed by atoms with Crippen LogP contribution in [-0.2, 0) is 13.1 Å². The number of benzene rings is 1. The van der Waals surface area contributed by atoms with E-state index in [1.807, 2.05) is 29.0 Å². The van der Waals surface area contributed by atoms with Crippen molar-refractivity contribution in [1.29, 1.82) is 0 Å². The zero-order valence-corrected chi connectivity index (χ0v) is 13.6. The van der Waals surface area contributed by atoms with Crippen LogP contribution in [0.5, 0.6) is 0 Å². The van der Waals surface area contributed by atoms with E-state index < -0.39 is 0 Å². The summed E-state index contributed by atoms with van der Waals surface area (Å²) in [5.41, 5.74) is 1.95. The Morgan fingerprint density at radius 2 is 2.14 bits per heavy atom. The summed E-state index contributed by atoms with van der Waals surface area (Å²) in [6.45, 7) is 5.42. The average molecular weight is 352 g/mol. The van der Waals surface area contributed by atoms with Crippen LogP contribution in [0.15, 0.2) is 41.0 Å². The van der Waals surface area contributed by atoms with Gasteiger partial charge in [-0.15, -0.1) is 0 Å². The van der Waals surface area contributed by atoms with Gasteiger partial charge in [0.15, 0.2) is 0 Å². The van der Waals surface area contributed by atoms with Crippen molar-refractivity contribution in [3.63, 3.8) is 0 Å². The second-order valence-corrected chi connectivity index (χ2v) is 6.11. The van der Waals surface area contributed by atoms with Gasteiger partial charge in [-0.25, -0.2) is 0 Å². The molecule has 6 heteroatoms. The second-order valence-electron chi connectivity index (χ2n) is 5.19. The maximum absolute atomic E-state index is 11.2. The third-order valence-electron chi connectivity index (χ3n) is 3.20. The van der Waals surface area contributed by atoms with E-state index in [2.05, 4.69) is 35.1 Å². The molecule has 5 nitrogen and oxygen atoms in total. The molecular weight excluding hydrogens is 334 g/mol. The molecule has 0 unspecified atom stereocenters. The highest BCUT2D eigenvalue weighted by atomic mass is 79.9. The topological polar surface area (TPSA) is 60.1 Å². The van der Waals surface area contributed by atoms with Gasteiger partial charge in [-0.2, -0.15) is 0 Å². The van der Waals surface area contributed by atoms with Crippen molar-refractivity contribution >= 4 is 21.6 Å². The first-order valence-corrected chi connectivity index (χ1v) is 7.57. The Morgan fingerprint density at radius 1 is 1.38 bits per heavy atom. The molecule has 0 aliphatic carbocycles. The number of rotatable bonds is 6. The summed E-state index contributed by atoms with van der Waals surface area (Å²) in [5, 5.41) is 14.5. The summed E-state index contributed by atoms with van der Waals surface area (Å²) >= 11 is 3.28. The number of nitrogens with zero attached hydrogens (tertiary/aromatic N) is 2. The minimum atomic E-state index is -0.338. The van der Waals surface area contributed by atoms with Crippen molar-refractivity contribution in [2.45, 2.75) is 33.0 Å². The van der Waals surface area contributed by atoms with Crippen molar-refractivity contribution < 1.29 is 4.92 Å². The van der Waals surface area contributed by atoms with Crippen molar-refractivity contribution in [2.75, 3.05) is 0 Å². The normalized spacial score (nSPS) is 11.0. The monoisotopic (exact) mass is 351 g/mol. The average Bonchev–Trinajstić information content (AvgIpc) is 2.85. The summed E-state index contributed by atoms with van der Waals surface area (Å²) in [4.78, 5) is 10.8. The maximum atomic E-state index is 11.2. The molecule has 0 saturated carbocycles. The summed E-state index contributed by atoms with van der Waals surface area (Å²) in [6.07, 6.45) is 1.95. The van der Waals surface area contributed by atoms with Crippen LogP contribution in [0.4, 0.5) is 5.69 Å². The van der Waals surface area contributed by atoms with E-state index in [0.29, 0.717) is 22.6 Å². The number of nitro groups is 1.